The minimum absolute atomic E-state index is 0.00557. The summed E-state index contributed by atoms with van der Waals surface area (Å²) < 4.78 is 0. The summed E-state index contributed by atoms with van der Waals surface area (Å²) in [5.41, 5.74) is 0.801. The zero-order valence-corrected chi connectivity index (χ0v) is 11.8. The van der Waals surface area contributed by atoms with E-state index in [0.717, 1.165) is 23.5 Å². The first-order chi connectivity index (χ1) is 9.24. The highest BCUT2D eigenvalue weighted by Gasteiger charge is 2.04. The van der Waals surface area contributed by atoms with E-state index >= 15 is 0 Å². The Balaban J connectivity index is 2.10. The van der Waals surface area contributed by atoms with E-state index in [-0.39, 0.29) is 18.3 Å². The number of hydrogen-bond donors (Lipinski definition) is 3. The summed E-state index contributed by atoms with van der Waals surface area (Å²) in [4.78, 5) is 11.6. The predicted octanol–water partition coefficient (Wildman–Crippen LogP) is 1.56. The minimum Gasteiger partial charge on any atom is -0.508 e. The Bertz CT molecular complexity index is 385. The first-order valence-electron chi connectivity index (χ1n) is 6.46. The van der Waals surface area contributed by atoms with Gasteiger partial charge in [-0.15, -0.1) is 0 Å². The van der Waals surface area contributed by atoms with Gasteiger partial charge in [0, 0.05) is 25.3 Å². The predicted molar refractivity (Wildman–Crippen MR) is 78.5 cm³/mol. The number of aliphatic hydroxyl groups is 1. The lowest BCUT2D eigenvalue weighted by atomic mass is 10.1. The van der Waals surface area contributed by atoms with Crippen molar-refractivity contribution in [1.29, 1.82) is 0 Å². The normalized spacial score (nSPS) is 10.4. The fourth-order valence-electron chi connectivity index (χ4n) is 1.59. The second kappa shape index (κ2) is 9.69. The third-order valence-electron chi connectivity index (χ3n) is 2.63. The minimum atomic E-state index is 0.00557. The Morgan fingerprint density at radius 1 is 1.26 bits per heavy atom. The van der Waals surface area contributed by atoms with Gasteiger partial charge < -0.3 is 15.5 Å². The van der Waals surface area contributed by atoms with Crippen LogP contribution in [0, 0.1) is 0 Å². The number of aryl methyl sites for hydroxylation is 1. The molecule has 0 aromatic heterocycles. The molecular weight excluding hydrogens is 262 g/mol. The Hall–Kier alpha value is -1.20. The maximum Gasteiger partial charge on any atom is 0.220 e. The molecule has 0 spiro atoms. The molecule has 0 aliphatic heterocycles. The highest BCUT2D eigenvalue weighted by molar-refractivity contribution is 7.99. The van der Waals surface area contributed by atoms with E-state index in [9.17, 15) is 9.90 Å². The molecule has 0 aliphatic carbocycles. The van der Waals surface area contributed by atoms with E-state index in [2.05, 4.69) is 5.32 Å². The summed E-state index contributed by atoms with van der Waals surface area (Å²) in [5.74, 6) is 2.04. The number of carbonyl (C=O) groups excluding carboxylic acids is 1. The second-order valence-electron chi connectivity index (χ2n) is 4.17. The van der Waals surface area contributed by atoms with E-state index in [0.29, 0.717) is 19.4 Å². The average Bonchev–Trinajstić information content (AvgIpc) is 2.42. The Morgan fingerprint density at radius 2 is 2.05 bits per heavy atom. The average molecular weight is 283 g/mol. The molecule has 0 bridgehead atoms. The standard InChI is InChI=1S/C14H21NO3S/c16-9-3-10-19-11-8-15-14(18)7-6-12-4-1-2-5-13(12)17/h1-2,4-5,16-17H,3,6-11H2,(H,15,18). The summed E-state index contributed by atoms with van der Waals surface area (Å²) in [7, 11) is 0. The van der Waals surface area contributed by atoms with Crippen LogP contribution in [0.25, 0.3) is 0 Å². The lowest BCUT2D eigenvalue weighted by Gasteiger charge is -2.06. The van der Waals surface area contributed by atoms with Crippen molar-refractivity contribution in [2.45, 2.75) is 19.3 Å². The van der Waals surface area contributed by atoms with Gasteiger partial charge in [-0.05, 0) is 30.2 Å². The zero-order valence-electron chi connectivity index (χ0n) is 11.0. The molecule has 19 heavy (non-hydrogen) atoms. The van der Waals surface area contributed by atoms with Crippen molar-refractivity contribution in [1.82, 2.24) is 5.32 Å². The molecule has 0 saturated heterocycles. The number of hydrogen-bond acceptors (Lipinski definition) is 4. The van der Waals surface area contributed by atoms with E-state index in [4.69, 9.17) is 5.11 Å². The molecule has 0 atom stereocenters. The van der Waals surface area contributed by atoms with Crippen molar-refractivity contribution >= 4 is 17.7 Å². The number of nitrogens with one attached hydrogen (secondary N) is 1. The van der Waals surface area contributed by atoms with Crippen LogP contribution in [0.15, 0.2) is 24.3 Å². The van der Waals surface area contributed by atoms with Gasteiger partial charge in [0.1, 0.15) is 5.75 Å². The van der Waals surface area contributed by atoms with Crippen molar-refractivity contribution in [3.8, 4) is 5.75 Å². The quantitative estimate of drug-likeness (QED) is 0.602. The molecule has 3 N–H and O–H groups in total. The van der Waals surface area contributed by atoms with E-state index in [1.54, 1.807) is 23.9 Å². The molecule has 0 unspecified atom stereocenters. The van der Waals surface area contributed by atoms with Crippen LogP contribution in [0.4, 0.5) is 0 Å². The molecule has 1 aromatic rings. The van der Waals surface area contributed by atoms with Gasteiger partial charge >= 0.3 is 0 Å². The van der Waals surface area contributed by atoms with Crippen molar-refractivity contribution in [3.05, 3.63) is 29.8 Å². The molecule has 1 aromatic carbocycles. The largest absolute Gasteiger partial charge is 0.508 e. The molecule has 0 saturated carbocycles. The molecule has 0 aliphatic rings. The molecule has 4 nitrogen and oxygen atoms in total. The van der Waals surface area contributed by atoms with Crippen LogP contribution in [0.5, 0.6) is 5.75 Å². The maximum atomic E-state index is 11.6. The number of aromatic hydroxyl groups is 1. The van der Waals surface area contributed by atoms with Gasteiger partial charge in [0.05, 0.1) is 0 Å². The number of aliphatic hydroxyl groups excluding tert-OH is 1. The van der Waals surface area contributed by atoms with Gasteiger partial charge in [0.15, 0.2) is 0 Å². The molecule has 106 valence electrons. The summed E-state index contributed by atoms with van der Waals surface area (Å²) >= 11 is 1.72. The third-order valence-corrected chi connectivity index (χ3v) is 3.70. The number of amides is 1. The molecular formula is C14H21NO3S. The molecule has 0 heterocycles. The highest BCUT2D eigenvalue weighted by Crippen LogP contribution is 2.16. The lowest BCUT2D eigenvalue weighted by molar-refractivity contribution is -0.120. The van der Waals surface area contributed by atoms with Crippen molar-refractivity contribution in [2.75, 3.05) is 24.7 Å². The van der Waals surface area contributed by atoms with Gasteiger partial charge in [0.25, 0.3) is 0 Å². The van der Waals surface area contributed by atoms with E-state index < -0.39 is 0 Å². The Labute approximate surface area is 118 Å². The summed E-state index contributed by atoms with van der Waals surface area (Å²) in [6.45, 7) is 0.871. The van der Waals surface area contributed by atoms with Crippen LogP contribution in [0.1, 0.15) is 18.4 Å². The summed E-state index contributed by atoms with van der Waals surface area (Å²) in [5, 5.41) is 21.0. The summed E-state index contributed by atoms with van der Waals surface area (Å²) in [6, 6.07) is 7.08. The SMILES string of the molecule is O=C(CCc1ccccc1O)NCCSCCCO. The molecule has 1 rings (SSSR count). The number of benzene rings is 1. The molecule has 5 heteroatoms. The van der Waals surface area contributed by atoms with Crippen LogP contribution in [0.3, 0.4) is 0 Å². The molecule has 0 radical (unpaired) electrons. The number of rotatable bonds is 9. The number of phenols is 1. The van der Waals surface area contributed by atoms with E-state index in [1.807, 2.05) is 12.1 Å². The van der Waals surface area contributed by atoms with Crippen molar-refractivity contribution in [2.24, 2.45) is 0 Å². The number of carbonyl (C=O) groups is 1. The van der Waals surface area contributed by atoms with Gasteiger partial charge in [0.2, 0.25) is 5.91 Å². The Kier molecular flexibility index (Phi) is 8.09. The van der Waals surface area contributed by atoms with Crippen LogP contribution >= 0.6 is 11.8 Å². The number of thioether (sulfide) groups is 1. The first kappa shape index (κ1) is 15.9. The van der Waals surface area contributed by atoms with Gasteiger partial charge in [-0.25, -0.2) is 0 Å². The lowest BCUT2D eigenvalue weighted by Crippen LogP contribution is -2.26. The van der Waals surface area contributed by atoms with Crippen LogP contribution in [0.2, 0.25) is 0 Å². The van der Waals surface area contributed by atoms with Gasteiger partial charge in [-0.3, -0.25) is 4.79 Å². The van der Waals surface area contributed by atoms with Crippen LogP contribution in [-0.4, -0.2) is 40.8 Å². The van der Waals surface area contributed by atoms with Gasteiger partial charge in [-0.2, -0.15) is 11.8 Å². The first-order valence-corrected chi connectivity index (χ1v) is 7.61. The Morgan fingerprint density at radius 3 is 2.79 bits per heavy atom. The monoisotopic (exact) mass is 283 g/mol. The van der Waals surface area contributed by atoms with Crippen molar-refractivity contribution in [3.63, 3.8) is 0 Å². The fraction of sp³-hybridized carbons (Fsp3) is 0.500. The summed E-state index contributed by atoms with van der Waals surface area (Å²) in [6.07, 6.45) is 1.74. The fourth-order valence-corrected chi connectivity index (χ4v) is 2.37. The molecule has 0 fully saturated rings. The topological polar surface area (TPSA) is 69.6 Å². The van der Waals surface area contributed by atoms with E-state index in [1.165, 1.54) is 0 Å². The third kappa shape index (κ3) is 7.08. The van der Waals surface area contributed by atoms with Crippen LogP contribution < -0.4 is 5.32 Å². The smallest absolute Gasteiger partial charge is 0.220 e. The maximum absolute atomic E-state index is 11.6. The zero-order chi connectivity index (χ0) is 13.9. The van der Waals surface area contributed by atoms with Gasteiger partial charge in [-0.1, -0.05) is 18.2 Å². The number of phenolic OH excluding ortho intramolecular Hbond substituents is 1. The highest BCUT2D eigenvalue weighted by atomic mass is 32.2. The van der Waals surface area contributed by atoms with Crippen molar-refractivity contribution < 1.29 is 15.0 Å². The number of para-hydroxylation sites is 1. The second-order valence-corrected chi connectivity index (χ2v) is 5.39. The van der Waals surface area contributed by atoms with Crippen LogP contribution in [-0.2, 0) is 11.2 Å². The molecule has 1 amide bonds.